The standard InChI is InChI=1S/C23H22N4O/c1-17(18-13-15-24-16-14-18)25-23(28)12-11-22-26-20-9-5-6-10-21(20)27(22)19-7-3-2-4-8-19/h2-10,13-17H,11-12H2,1H3,(H,25,28). The zero-order valence-corrected chi connectivity index (χ0v) is 15.7. The van der Waals surface area contributed by atoms with Crippen LogP contribution in [-0.4, -0.2) is 20.4 Å². The molecule has 1 unspecified atom stereocenters. The lowest BCUT2D eigenvalue weighted by Gasteiger charge is -2.14. The molecule has 0 radical (unpaired) electrons. The van der Waals surface area contributed by atoms with E-state index in [4.69, 9.17) is 4.98 Å². The molecule has 4 rings (SSSR count). The number of fused-ring (bicyclic) bond motifs is 1. The van der Waals surface area contributed by atoms with Crippen molar-refractivity contribution >= 4 is 16.9 Å². The fourth-order valence-electron chi connectivity index (χ4n) is 3.38. The van der Waals surface area contributed by atoms with Gasteiger partial charge in [0, 0.05) is 30.9 Å². The zero-order chi connectivity index (χ0) is 19.3. The highest BCUT2D eigenvalue weighted by Crippen LogP contribution is 2.22. The quantitative estimate of drug-likeness (QED) is 0.552. The molecule has 2 aromatic carbocycles. The van der Waals surface area contributed by atoms with Crippen molar-refractivity contribution in [1.29, 1.82) is 0 Å². The van der Waals surface area contributed by atoms with Gasteiger partial charge in [0.15, 0.2) is 0 Å². The number of carbonyl (C=O) groups excluding carboxylic acids is 1. The Morgan fingerprint density at radius 2 is 1.71 bits per heavy atom. The van der Waals surface area contributed by atoms with Crippen LogP contribution in [0.15, 0.2) is 79.1 Å². The van der Waals surface area contributed by atoms with E-state index in [1.807, 2.05) is 55.5 Å². The van der Waals surface area contributed by atoms with Crippen molar-refractivity contribution < 1.29 is 4.79 Å². The normalized spacial score (nSPS) is 12.0. The first-order valence-electron chi connectivity index (χ1n) is 9.43. The van der Waals surface area contributed by atoms with E-state index in [0.29, 0.717) is 12.8 Å². The SMILES string of the molecule is CC(NC(=O)CCc1nc2ccccc2n1-c1ccccc1)c1ccncc1. The number of amides is 1. The third-order valence-corrected chi connectivity index (χ3v) is 4.80. The van der Waals surface area contributed by atoms with Gasteiger partial charge in [-0.25, -0.2) is 4.98 Å². The number of nitrogens with zero attached hydrogens (tertiary/aromatic N) is 3. The number of rotatable bonds is 6. The number of nitrogens with one attached hydrogen (secondary N) is 1. The van der Waals surface area contributed by atoms with E-state index in [0.717, 1.165) is 28.1 Å². The molecule has 0 bridgehead atoms. The molecular weight excluding hydrogens is 348 g/mol. The summed E-state index contributed by atoms with van der Waals surface area (Å²) in [4.78, 5) is 21.3. The van der Waals surface area contributed by atoms with Crippen molar-refractivity contribution in [1.82, 2.24) is 19.9 Å². The second kappa shape index (κ2) is 8.05. The Bertz CT molecular complexity index is 1070. The fraction of sp³-hybridized carbons (Fsp3) is 0.174. The molecule has 5 heteroatoms. The average Bonchev–Trinajstić information content (AvgIpc) is 3.12. The topological polar surface area (TPSA) is 59.8 Å². The number of aryl methyl sites for hydroxylation is 1. The minimum atomic E-state index is -0.0524. The van der Waals surface area contributed by atoms with Gasteiger partial charge in [0.2, 0.25) is 5.91 Å². The Labute approximate surface area is 164 Å². The van der Waals surface area contributed by atoms with Crippen LogP contribution in [0, 0.1) is 0 Å². The lowest BCUT2D eigenvalue weighted by Crippen LogP contribution is -2.27. The molecular formula is C23H22N4O. The Balaban J connectivity index is 1.53. The predicted octanol–water partition coefficient (Wildman–Crippen LogP) is 4.23. The van der Waals surface area contributed by atoms with Gasteiger partial charge in [-0.2, -0.15) is 0 Å². The van der Waals surface area contributed by atoms with E-state index in [1.165, 1.54) is 0 Å². The number of hydrogen-bond donors (Lipinski definition) is 1. The van der Waals surface area contributed by atoms with Gasteiger partial charge in [-0.3, -0.25) is 14.3 Å². The maximum atomic E-state index is 12.5. The van der Waals surface area contributed by atoms with Crippen LogP contribution in [0.1, 0.15) is 30.8 Å². The summed E-state index contributed by atoms with van der Waals surface area (Å²) in [5.74, 6) is 0.898. The monoisotopic (exact) mass is 370 g/mol. The van der Waals surface area contributed by atoms with Crippen molar-refractivity contribution in [3.8, 4) is 5.69 Å². The molecule has 0 fully saturated rings. The van der Waals surface area contributed by atoms with Gasteiger partial charge < -0.3 is 5.32 Å². The molecule has 2 heterocycles. The first-order valence-corrected chi connectivity index (χ1v) is 9.43. The highest BCUT2D eigenvalue weighted by molar-refractivity contribution is 5.79. The highest BCUT2D eigenvalue weighted by Gasteiger charge is 2.15. The van der Waals surface area contributed by atoms with Gasteiger partial charge in [-0.1, -0.05) is 30.3 Å². The smallest absolute Gasteiger partial charge is 0.220 e. The maximum absolute atomic E-state index is 12.5. The second-order valence-corrected chi connectivity index (χ2v) is 6.76. The van der Waals surface area contributed by atoms with E-state index < -0.39 is 0 Å². The summed E-state index contributed by atoms with van der Waals surface area (Å²) >= 11 is 0. The van der Waals surface area contributed by atoms with Crippen molar-refractivity contribution in [3.63, 3.8) is 0 Å². The molecule has 4 aromatic rings. The molecule has 1 N–H and O–H groups in total. The van der Waals surface area contributed by atoms with E-state index in [1.54, 1.807) is 12.4 Å². The number of hydrogen-bond acceptors (Lipinski definition) is 3. The molecule has 5 nitrogen and oxygen atoms in total. The van der Waals surface area contributed by atoms with Crippen molar-refractivity contribution in [3.05, 3.63) is 90.5 Å². The summed E-state index contributed by atoms with van der Waals surface area (Å²) in [7, 11) is 0. The van der Waals surface area contributed by atoms with Crippen LogP contribution >= 0.6 is 0 Å². The molecule has 0 aliphatic heterocycles. The number of aromatic nitrogens is 3. The molecule has 0 spiro atoms. The van der Waals surface area contributed by atoms with E-state index in [2.05, 4.69) is 33.1 Å². The lowest BCUT2D eigenvalue weighted by atomic mass is 10.1. The van der Waals surface area contributed by atoms with Crippen LogP contribution < -0.4 is 5.32 Å². The molecule has 0 saturated heterocycles. The van der Waals surface area contributed by atoms with Crippen LogP contribution in [0.5, 0.6) is 0 Å². The minimum absolute atomic E-state index is 0.0102. The molecule has 0 saturated carbocycles. The van der Waals surface area contributed by atoms with Crippen LogP contribution in [-0.2, 0) is 11.2 Å². The van der Waals surface area contributed by atoms with Gasteiger partial charge >= 0.3 is 0 Å². The first-order chi connectivity index (χ1) is 13.7. The number of imidazole rings is 1. The second-order valence-electron chi connectivity index (χ2n) is 6.76. The molecule has 28 heavy (non-hydrogen) atoms. The number of benzene rings is 2. The van der Waals surface area contributed by atoms with Crippen LogP contribution in [0.3, 0.4) is 0 Å². The van der Waals surface area contributed by atoms with Crippen molar-refractivity contribution in [2.75, 3.05) is 0 Å². The summed E-state index contributed by atoms with van der Waals surface area (Å²) in [6, 6.07) is 22.0. The Kier molecular flexibility index (Phi) is 5.15. The third kappa shape index (κ3) is 3.78. The highest BCUT2D eigenvalue weighted by atomic mass is 16.1. The van der Waals surface area contributed by atoms with Crippen molar-refractivity contribution in [2.24, 2.45) is 0 Å². The fourth-order valence-corrected chi connectivity index (χ4v) is 3.38. The maximum Gasteiger partial charge on any atom is 0.220 e. The van der Waals surface area contributed by atoms with E-state index in [9.17, 15) is 4.79 Å². The Morgan fingerprint density at radius 3 is 2.50 bits per heavy atom. The number of para-hydroxylation sites is 3. The summed E-state index contributed by atoms with van der Waals surface area (Å²) in [5, 5.41) is 3.06. The van der Waals surface area contributed by atoms with Crippen LogP contribution in [0.25, 0.3) is 16.7 Å². The molecule has 0 aliphatic carbocycles. The Hall–Kier alpha value is -3.47. The summed E-state index contributed by atoms with van der Waals surface area (Å²) in [6.07, 6.45) is 4.42. The van der Waals surface area contributed by atoms with Crippen LogP contribution in [0.2, 0.25) is 0 Å². The minimum Gasteiger partial charge on any atom is -0.350 e. The first kappa shape index (κ1) is 17.9. The zero-order valence-electron chi connectivity index (χ0n) is 15.7. The number of carbonyl (C=O) groups is 1. The molecule has 1 atom stereocenters. The average molecular weight is 370 g/mol. The van der Waals surface area contributed by atoms with Gasteiger partial charge in [0.05, 0.1) is 17.1 Å². The lowest BCUT2D eigenvalue weighted by molar-refractivity contribution is -0.121. The molecule has 2 aromatic heterocycles. The molecule has 1 amide bonds. The predicted molar refractivity (Wildman–Crippen MR) is 110 cm³/mol. The van der Waals surface area contributed by atoms with Crippen LogP contribution in [0.4, 0.5) is 0 Å². The summed E-state index contributed by atoms with van der Waals surface area (Å²) in [6.45, 7) is 1.98. The van der Waals surface area contributed by atoms with Crippen molar-refractivity contribution in [2.45, 2.75) is 25.8 Å². The molecule has 0 aliphatic rings. The van der Waals surface area contributed by atoms with Gasteiger partial charge in [-0.15, -0.1) is 0 Å². The third-order valence-electron chi connectivity index (χ3n) is 4.80. The van der Waals surface area contributed by atoms with Gasteiger partial charge in [-0.05, 0) is 48.9 Å². The molecule has 140 valence electrons. The summed E-state index contributed by atoms with van der Waals surface area (Å²) in [5.41, 5.74) is 4.08. The largest absolute Gasteiger partial charge is 0.350 e. The number of pyridine rings is 1. The van der Waals surface area contributed by atoms with Gasteiger partial charge in [0.1, 0.15) is 5.82 Å². The van der Waals surface area contributed by atoms with E-state index >= 15 is 0 Å². The van der Waals surface area contributed by atoms with E-state index in [-0.39, 0.29) is 11.9 Å². The van der Waals surface area contributed by atoms with Gasteiger partial charge in [0.25, 0.3) is 0 Å². The Morgan fingerprint density at radius 1 is 1.00 bits per heavy atom. The summed E-state index contributed by atoms with van der Waals surface area (Å²) < 4.78 is 2.13.